The molecule has 1 N–H and O–H groups in total. The second-order valence-corrected chi connectivity index (χ2v) is 7.60. The molecule has 1 heterocycles. The van der Waals surface area contributed by atoms with Gasteiger partial charge >= 0.3 is 0 Å². The van der Waals surface area contributed by atoms with Crippen LogP contribution in [0, 0.1) is 0 Å². The smallest absolute Gasteiger partial charge is 0.210 e. The van der Waals surface area contributed by atoms with Crippen molar-refractivity contribution in [2.75, 3.05) is 24.8 Å². The number of hydrogen-bond donors (Lipinski definition) is 1. The van der Waals surface area contributed by atoms with Gasteiger partial charge in [-0.1, -0.05) is 29.2 Å². The highest BCUT2D eigenvalue weighted by molar-refractivity contribution is 8.01. The summed E-state index contributed by atoms with van der Waals surface area (Å²) in [6.07, 6.45) is 0. The lowest BCUT2D eigenvalue weighted by Crippen LogP contribution is -2.02. The fourth-order valence-electron chi connectivity index (χ4n) is 2.26. The van der Waals surface area contributed by atoms with Crippen LogP contribution in [0.5, 0.6) is 11.5 Å². The minimum atomic E-state index is 0.0422. The molecule has 8 heteroatoms. The standard InChI is InChI=1S/C19H19N3O3S2/c1-3-25-15-9-7-13(8-10-15)17(23)12-26-19-22-21-18(27-19)20-14-5-4-6-16(11-14)24-2/h4-11H,3,12H2,1-2H3,(H,20,21). The van der Waals surface area contributed by atoms with Gasteiger partial charge in [-0.2, -0.15) is 0 Å². The molecule has 0 saturated carbocycles. The maximum Gasteiger partial charge on any atom is 0.210 e. The molecule has 0 saturated heterocycles. The molecule has 0 bridgehead atoms. The molecule has 0 amide bonds. The van der Waals surface area contributed by atoms with E-state index < -0.39 is 0 Å². The maximum absolute atomic E-state index is 12.3. The second-order valence-electron chi connectivity index (χ2n) is 5.40. The molecule has 0 atom stereocenters. The van der Waals surface area contributed by atoms with Crippen molar-refractivity contribution in [3.8, 4) is 11.5 Å². The number of aromatic nitrogens is 2. The van der Waals surface area contributed by atoms with Crippen LogP contribution in [0.3, 0.4) is 0 Å². The Labute approximate surface area is 165 Å². The van der Waals surface area contributed by atoms with Crippen LogP contribution in [0.4, 0.5) is 10.8 Å². The molecule has 140 valence electrons. The normalized spacial score (nSPS) is 10.4. The van der Waals surface area contributed by atoms with Gasteiger partial charge in [0.1, 0.15) is 11.5 Å². The summed E-state index contributed by atoms with van der Waals surface area (Å²) in [6.45, 7) is 2.53. The summed E-state index contributed by atoms with van der Waals surface area (Å²) in [5, 5.41) is 12.1. The van der Waals surface area contributed by atoms with E-state index in [0.29, 0.717) is 23.1 Å². The molecule has 0 aliphatic carbocycles. The number of carbonyl (C=O) groups is 1. The van der Waals surface area contributed by atoms with Gasteiger partial charge in [0.05, 0.1) is 19.5 Å². The number of carbonyl (C=O) groups excluding carboxylic acids is 1. The fraction of sp³-hybridized carbons (Fsp3) is 0.211. The fourth-order valence-corrected chi connectivity index (χ4v) is 3.92. The van der Waals surface area contributed by atoms with Crippen molar-refractivity contribution >= 4 is 39.7 Å². The van der Waals surface area contributed by atoms with Crippen molar-refractivity contribution in [3.05, 3.63) is 54.1 Å². The number of nitrogens with one attached hydrogen (secondary N) is 1. The van der Waals surface area contributed by atoms with Gasteiger partial charge in [-0.05, 0) is 43.3 Å². The molecule has 0 spiro atoms. The summed E-state index contributed by atoms with van der Waals surface area (Å²) in [5.74, 6) is 1.88. The Morgan fingerprint density at radius 3 is 2.70 bits per heavy atom. The summed E-state index contributed by atoms with van der Waals surface area (Å²) >= 11 is 2.78. The quantitative estimate of drug-likeness (QED) is 0.413. The Hall–Kier alpha value is -2.58. The van der Waals surface area contributed by atoms with Crippen LogP contribution < -0.4 is 14.8 Å². The number of rotatable bonds is 9. The molecule has 2 aromatic carbocycles. The molecule has 0 unspecified atom stereocenters. The molecule has 0 aliphatic heterocycles. The zero-order valence-corrected chi connectivity index (χ0v) is 16.6. The third kappa shape index (κ3) is 5.45. The average molecular weight is 402 g/mol. The first-order valence-electron chi connectivity index (χ1n) is 8.31. The Morgan fingerprint density at radius 1 is 1.15 bits per heavy atom. The maximum atomic E-state index is 12.3. The molecule has 6 nitrogen and oxygen atoms in total. The Morgan fingerprint density at radius 2 is 1.96 bits per heavy atom. The number of nitrogens with zero attached hydrogens (tertiary/aromatic N) is 2. The molecule has 3 rings (SSSR count). The Bertz CT molecular complexity index is 897. The number of benzene rings is 2. The van der Waals surface area contributed by atoms with Gasteiger partial charge in [-0.15, -0.1) is 10.2 Å². The van der Waals surface area contributed by atoms with Gasteiger partial charge in [0.2, 0.25) is 5.13 Å². The van der Waals surface area contributed by atoms with Crippen molar-refractivity contribution in [3.63, 3.8) is 0 Å². The van der Waals surface area contributed by atoms with Crippen LogP contribution >= 0.6 is 23.1 Å². The minimum absolute atomic E-state index is 0.0422. The lowest BCUT2D eigenvalue weighted by molar-refractivity contribution is 0.102. The largest absolute Gasteiger partial charge is 0.497 e. The molecular weight excluding hydrogens is 382 g/mol. The van der Waals surface area contributed by atoms with E-state index in [0.717, 1.165) is 21.5 Å². The van der Waals surface area contributed by atoms with Gasteiger partial charge in [0.25, 0.3) is 0 Å². The molecule has 3 aromatic rings. The van der Waals surface area contributed by atoms with E-state index in [1.807, 2.05) is 43.3 Å². The summed E-state index contributed by atoms with van der Waals surface area (Å²) < 4.78 is 11.3. The van der Waals surface area contributed by atoms with Gasteiger partial charge in [-0.25, -0.2) is 0 Å². The first-order chi connectivity index (χ1) is 13.2. The number of ether oxygens (including phenoxy) is 2. The highest BCUT2D eigenvalue weighted by Gasteiger charge is 2.11. The zero-order chi connectivity index (χ0) is 19.1. The number of anilines is 2. The summed E-state index contributed by atoms with van der Waals surface area (Å²) in [6, 6.07) is 14.8. The van der Waals surface area contributed by atoms with E-state index in [1.165, 1.54) is 23.1 Å². The Balaban J connectivity index is 1.55. The first kappa shape index (κ1) is 19.2. The predicted octanol–water partition coefficient (Wildman–Crippen LogP) is 4.66. The van der Waals surface area contributed by atoms with Crippen molar-refractivity contribution in [2.24, 2.45) is 0 Å². The second kappa shape index (κ2) is 9.38. The minimum Gasteiger partial charge on any atom is -0.497 e. The van der Waals surface area contributed by atoms with E-state index in [1.54, 1.807) is 19.2 Å². The number of thioether (sulfide) groups is 1. The summed E-state index contributed by atoms with van der Waals surface area (Å²) in [7, 11) is 1.63. The monoisotopic (exact) mass is 401 g/mol. The van der Waals surface area contributed by atoms with Crippen molar-refractivity contribution in [1.82, 2.24) is 10.2 Å². The van der Waals surface area contributed by atoms with Gasteiger partial charge in [-0.3, -0.25) is 4.79 Å². The number of methoxy groups -OCH3 is 1. The third-order valence-corrected chi connectivity index (χ3v) is 5.51. The predicted molar refractivity (Wildman–Crippen MR) is 109 cm³/mol. The molecule has 27 heavy (non-hydrogen) atoms. The lowest BCUT2D eigenvalue weighted by Gasteiger charge is -2.04. The molecule has 0 fully saturated rings. The highest BCUT2D eigenvalue weighted by atomic mass is 32.2. The summed E-state index contributed by atoms with van der Waals surface area (Å²) in [5.41, 5.74) is 1.53. The third-order valence-electron chi connectivity index (χ3n) is 3.54. The van der Waals surface area contributed by atoms with Crippen LogP contribution in [-0.2, 0) is 0 Å². The number of Topliss-reactive ketones (excluding diaryl/α,β-unsaturated/α-hetero) is 1. The van der Waals surface area contributed by atoms with Crippen LogP contribution in [0.2, 0.25) is 0 Å². The SMILES string of the molecule is CCOc1ccc(C(=O)CSc2nnc(Nc3cccc(OC)c3)s2)cc1. The highest BCUT2D eigenvalue weighted by Crippen LogP contribution is 2.29. The lowest BCUT2D eigenvalue weighted by atomic mass is 10.1. The number of hydrogen-bond acceptors (Lipinski definition) is 8. The van der Waals surface area contributed by atoms with E-state index in [2.05, 4.69) is 15.5 Å². The number of ketones is 1. The van der Waals surface area contributed by atoms with Gasteiger partial charge < -0.3 is 14.8 Å². The van der Waals surface area contributed by atoms with Crippen LogP contribution in [0.25, 0.3) is 0 Å². The summed E-state index contributed by atoms with van der Waals surface area (Å²) in [4.78, 5) is 12.3. The van der Waals surface area contributed by atoms with Crippen LogP contribution in [0.15, 0.2) is 52.9 Å². The van der Waals surface area contributed by atoms with Crippen LogP contribution in [0.1, 0.15) is 17.3 Å². The zero-order valence-electron chi connectivity index (χ0n) is 15.0. The van der Waals surface area contributed by atoms with Crippen molar-refractivity contribution < 1.29 is 14.3 Å². The van der Waals surface area contributed by atoms with E-state index in [-0.39, 0.29) is 5.78 Å². The van der Waals surface area contributed by atoms with Crippen LogP contribution in [-0.4, -0.2) is 35.5 Å². The average Bonchev–Trinajstić information content (AvgIpc) is 3.14. The topological polar surface area (TPSA) is 73.3 Å². The molecule has 0 radical (unpaired) electrons. The first-order valence-corrected chi connectivity index (χ1v) is 10.1. The molecular formula is C19H19N3O3S2. The molecule has 1 aromatic heterocycles. The van der Waals surface area contributed by atoms with Gasteiger partial charge in [0.15, 0.2) is 10.1 Å². The molecule has 0 aliphatic rings. The van der Waals surface area contributed by atoms with E-state index in [4.69, 9.17) is 9.47 Å². The van der Waals surface area contributed by atoms with E-state index in [9.17, 15) is 4.79 Å². The van der Waals surface area contributed by atoms with Gasteiger partial charge in [0, 0.05) is 17.3 Å². The Kier molecular flexibility index (Phi) is 6.67. The van der Waals surface area contributed by atoms with Crippen molar-refractivity contribution in [2.45, 2.75) is 11.3 Å². The van der Waals surface area contributed by atoms with Crippen molar-refractivity contribution in [1.29, 1.82) is 0 Å². The van der Waals surface area contributed by atoms with E-state index >= 15 is 0 Å².